The third-order valence-corrected chi connectivity index (χ3v) is 3.66. The first-order valence-corrected chi connectivity index (χ1v) is 6.95. The summed E-state index contributed by atoms with van der Waals surface area (Å²) in [6.07, 6.45) is 1.22. The molecule has 0 heterocycles. The summed E-state index contributed by atoms with van der Waals surface area (Å²) in [6, 6.07) is 7.67. The van der Waals surface area contributed by atoms with Gasteiger partial charge in [0.05, 0.1) is 16.8 Å². The Morgan fingerprint density at radius 2 is 1.95 bits per heavy atom. The normalized spacial score (nSPS) is 10.9. The third kappa shape index (κ3) is 3.50. The van der Waals surface area contributed by atoms with E-state index in [1.54, 1.807) is 13.0 Å². The predicted molar refractivity (Wildman–Crippen MR) is 86.0 cm³/mol. The van der Waals surface area contributed by atoms with Gasteiger partial charge in [0.1, 0.15) is 16.5 Å². The summed E-state index contributed by atoms with van der Waals surface area (Å²) >= 11 is 11.5. The minimum Gasteiger partial charge on any atom is -0.507 e. The van der Waals surface area contributed by atoms with Crippen molar-refractivity contribution in [1.82, 2.24) is 5.43 Å². The molecule has 0 aliphatic rings. The number of nitrogens with one attached hydrogen (secondary N) is 1. The SMILES string of the molecule is Cc1ccc(C(=O)N/N=C/c2ccc(Cl)c(Cl)c2O)c(O)c1. The molecule has 114 valence electrons. The van der Waals surface area contributed by atoms with Crippen molar-refractivity contribution in [3.8, 4) is 11.5 Å². The summed E-state index contributed by atoms with van der Waals surface area (Å²) in [5.74, 6) is -0.941. The molecule has 0 fully saturated rings. The molecule has 2 rings (SSSR count). The maximum Gasteiger partial charge on any atom is 0.275 e. The first kappa shape index (κ1) is 16.1. The van der Waals surface area contributed by atoms with E-state index in [-0.39, 0.29) is 27.1 Å². The number of benzene rings is 2. The number of amides is 1. The molecule has 0 aliphatic heterocycles. The molecular formula is C15H12Cl2N2O3. The lowest BCUT2D eigenvalue weighted by Gasteiger charge is -2.05. The quantitative estimate of drug-likeness (QED) is 0.591. The molecule has 0 saturated heterocycles. The number of rotatable bonds is 3. The smallest absolute Gasteiger partial charge is 0.275 e. The van der Waals surface area contributed by atoms with Crippen molar-refractivity contribution in [2.24, 2.45) is 5.10 Å². The van der Waals surface area contributed by atoms with E-state index < -0.39 is 5.91 Å². The van der Waals surface area contributed by atoms with E-state index in [1.165, 1.54) is 30.5 Å². The lowest BCUT2D eigenvalue weighted by molar-refractivity contribution is 0.0952. The molecular weight excluding hydrogens is 327 g/mol. The van der Waals surface area contributed by atoms with Gasteiger partial charge in [0, 0.05) is 5.56 Å². The van der Waals surface area contributed by atoms with Crippen LogP contribution in [0.15, 0.2) is 35.4 Å². The molecule has 22 heavy (non-hydrogen) atoms. The zero-order chi connectivity index (χ0) is 16.3. The van der Waals surface area contributed by atoms with Crippen LogP contribution in [-0.4, -0.2) is 22.3 Å². The molecule has 0 saturated carbocycles. The van der Waals surface area contributed by atoms with Crippen molar-refractivity contribution in [3.05, 3.63) is 57.1 Å². The summed E-state index contributed by atoms with van der Waals surface area (Å²) in [4.78, 5) is 11.9. The topological polar surface area (TPSA) is 81.9 Å². The summed E-state index contributed by atoms with van der Waals surface area (Å²) in [5.41, 5.74) is 3.48. The number of phenolic OH excluding ortho intramolecular Hbond substituents is 2. The Labute approximate surface area is 136 Å². The van der Waals surface area contributed by atoms with Crippen molar-refractivity contribution < 1.29 is 15.0 Å². The van der Waals surface area contributed by atoms with Crippen LogP contribution in [0.4, 0.5) is 0 Å². The number of aromatic hydroxyl groups is 2. The third-order valence-electron chi connectivity index (χ3n) is 2.87. The molecule has 2 aromatic rings. The Balaban J connectivity index is 2.12. The fourth-order valence-electron chi connectivity index (χ4n) is 1.71. The fourth-order valence-corrected chi connectivity index (χ4v) is 2.04. The second-order valence-corrected chi connectivity index (χ2v) is 5.30. The minimum atomic E-state index is -0.576. The van der Waals surface area contributed by atoms with Gasteiger partial charge in [-0.1, -0.05) is 29.3 Å². The van der Waals surface area contributed by atoms with Gasteiger partial charge in [-0.25, -0.2) is 5.43 Å². The van der Waals surface area contributed by atoms with Crippen molar-refractivity contribution in [1.29, 1.82) is 0 Å². The van der Waals surface area contributed by atoms with Crippen LogP contribution in [0.3, 0.4) is 0 Å². The van der Waals surface area contributed by atoms with Crippen LogP contribution in [0.5, 0.6) is 11.5 Å². The second-order valence-electron chi connectivity index (χ2n) is 4.52. The first-order chi connectivity index (χ1) is 10.4. The van der Waals surface area contributed by atoms with Gasteiger partial charge in [0.15, 0.2) is 0 Å². The highest BCUT2D eigenvalue weighted by atomic mass is 35.5. The van der Waals surface area contributed by atoms with Gasteiger partial charge in [-0.2, -0.15) is 5.10 Å². The van der Waals surface area contributed by atoms with Crippen molar-refractivity contribution >= 4 is 35.3 Å². The largest absolute Gasteiger partial charge is 0.507 e. The number of aryl methyl sites for hydroxylation is 1. The molecule has 0 radical (unpaired) electrons. The predicted octanol–water partition coefficient (Wildman–Crippen LogP) is 3.48. The molecule has 1 amide bonds. The van der Waals surface area contributed by atoms with E-state index in [0.717, 1.165) is 5.56 Å². The van der Waals surface area contributed by atoms with Gasteiger partial charge in [-0.05, 0) is 36.8 Å². The zero-order valence-corrected chi connectivity index (χ0v) is 13.0. The molecule has 0 atom stereocenters. The summed E-state index contributed by atoms with van der Waals surface area (Å²) < 4.78 is 0. The Morgan fingerprint density at radius 1 is 1.23 bits per heavy atom. The number of carbonyl (C=O) groups is 1. The van der Waals surface area contributed by atoms with Crippen molar-refractivity contribution in [3.63, 3.8) is 0 Å². The average Bonchev–Trinajstić information content (AvgIpc) is 2.47. The second kappa shape index (κ2) is 6.68. The summed E-state index contributed by atoms with van der Waals surface area (Å²) in [7, 11) is 0. The number of hydrazone groups is 1. The molecule has 0 aliphatic carbocycles. The molecule has 7 heteroatoms. The Hall–Kier alpha value is -2.24. The average molecular weight is 339 g/mol. The Kier molecular flexibility index (Phi) is 4.90. The molecule has 0 unspecified atom stereocenters. The van der Waals surface area contributed by atoms with Gasteiger partial charge < -0.3 is 10.2 Å². The summed E-state index contributed by atoms with van der Waals surface area (Å²) in [6.45, 7) is 1.80. The highest BCUT2D eigenvalue weighted by Gasteiger charge is 2.11. The molecule has 3 N–H and O–H groups in total. The van der Waals surface area contributed by atoms with Crippen molar-refractivity contribution in [2.45, 2.75) is 6.92 Å². The van der Waals surface area contributed by atoms with Crippen LogP contribution in [0, 0.1) is 6.92 Å². The Bertz CT molecular complexity index is 761. The van der Waals surface area contributed by atoms with Gasteiger partial charge in [-0.3, -0.25) is 4.79 Å². The van der Waals surface area contributed by atoms with Crippen molar-refractivity contribution in [2.75, 3.05) is 0 Å². The first-order valence-electron chi connectivity index (χ1n) is 6.20. The molecule has 0 spiro atoms. The number of phenols is 2. The van der Waals surface area contributed by atoms with Crippen LogP contribution >= 0.6 is 23.2 Å². The molecule has 0 aromatic heterocycles. The molecule has 5 nitrogen and oxygen atoms in total. The van der Waals surface area contributed by atoms with E-state index in [0.29, 0.717) is 5.56 Å². The van der Waals surface area contributed by atoms with Crippen LogP contribution in [-0.2, 0) is 0 Å². The highest BCUT2D eigenvalue weighted by molar-refractivity contribution is 6.43. The fraction of sp³-hybridized carbons (Fsp3) is 0.0667. The van der Waals surface area contributed by atoms with Gasteiger partial charge >= 0.3 is 0 Å². The van der Waals surface area contributed by atoms with Crippen LogP contribution in [0.25, 0.3) is 0 Å². The lowest BCUT2D eigenvalue weighted by Crippen LogP contribution is -2.17. The van der Waals surface area contributed by atoms with E-state index in [2.05, 4.69) is 10.5 Å². The van der Waals surface area contributed by atoms with Crippen LogP contribution in [0.1, 0.15) is 21.5 Å². The minimum absolute atomic E-state index is 0.00752. The standard InChI is InChI=1S/C15H12Cl2N2O3/c1-8-2-4-10(12(20)6-8)15(22)19-18-7-9-3-5-11(16)13(17)14(9)21/h2-7,20-21H,1H3,(H,19,22)/b18-7+. The number of hydrogen-bond acceptors (Lipinski definition) is 4. The molecule has 2 aromatic carbocycles. The Morgan fingerprint density at radius 3 is 2.64 bits per heavy atom. The van der Waals surface area contributed by atoms with Crippen LogP contribution in [0.2, 0.25) is 10.0 Å². The zero-order valence-electron chi connectivity index (χ0n) is 11.5. The van der Waals surface area contributed by atoms with E-state index >= 15 is 0 Å². The number of nitrogens with zero attached hydrogens (tertiary/aromatic N) is 1. The number of halogens is 2. The lowest BCUT2D eigenvalue weighted by atomic mass is 10.1. The highest BCUT2D eigenvalue weighted by Crippen LogP contribution is 2.33. The summed E-state index contributed by atoms with van der Waals surface area (Å²) in [5, 5.41) is 23.4. The monoisotopic (exact) mass is 338 g/mol. The van der Waals surface area contributed by atoms with Crippen LogP contribution < -0.4 is 5.43 Å². The molecule has 0 bridgehead atoms. The van der Waals surface area contributed by atoms with E-state index in [4.69, 9.17) is 23.2 Å². The van der Waals surface area contributed by atoms with Gasteiger partial charge in [-0.15, -0.1) is 0 Å². The van der Waals surface area contributed by atoms with Gasteiger partial charge in [0.25, 0.3) is 5.91 Å². The van der Waals surface area contributed by atoms with Gasteiger partial charge in [0.2, 0.25) is 0 Å². The number of hydrogen-bond donors (Lipinski definition) is 3. The van der Waals surface area contributed by atoms with E-state index in [1.807, 2.05) is 0 Å². The van der Waals surface area contributed by atoms with E-state index in [9.17, 15) is 15.0 Å². The maximum atomic E-state index is 11.9. The number of carbonyl (C=O) groups excluding carboxylic acids is 1. The maximum absolute atomic E-state index is 11.9.